The summed E-state index contributed by atoms with van der Waals surface area (Å²) in [5.41, 5.74) is 1.69. The molecule has 15 heavy (non-hydrogen) atoms. The van der Waals surface area contributed by atoms with Gasteiger partial charge in [0.25, 0.3) is 0 Å². The Kier molecular flexibility index (Phi) is 2.08. The van der Waals surface area contributed by atoms with E-state index < -0.39 is 0 Å². The molecule has 2 aromatic rings. The molecule has 1 aromatic carbocycles. The fourth-order valence-electron chi connectivity index (χ4n) is 1.58. The fourth-order valence-corrected chi connectivity index (χ4v) is 2.60. The van der Waals surface area contributed by atoms with Gasteiger partial charge >= 0.3 is 0 Å². The van der Waals surface area contributed by atoms with Crippen molar-refractivity contribution in [1.82, 2.24) is 0 Å². The van der Waals surface area contributed by atoms with E-state index in [1.165, 1.54) is 0 Å². The molecule has 0 bridgehead atoms. The van der Waals surface area contributed by atoms with Crippen LogP contribution in [-0.4, -0.2) is 0 Å². The first kappa shape index (κ1) is 9.07. The lowest BCUT2D eigenvalue weighted by molar-refractivity contribution is 0.497. The van der Waals surface area contributed by atoms with E-state index in [0.29, 0.717) is 0 Å². The van der Waals surface area contributed by atoms with Crippen LogP contribution in [-0.2, 0) is 0 Å². The van der Waals surface area contributed by atoms with Crippen molar-refractivity contribution in [3.8, 4) is 10.8 Å². The number of ether oxygens (including phenoxy) is 1. The van der Waals surface area contributed by atoms with Crippen molar-refractivity contribution in [1.29, 1.82) is 0 Å². The summed E-state index contributed by atoms with van der Waals surface area (Å²) in [6.07, 6.45) is 0. The number of halogens is 1. The molecular weight excluding hydrogens is 230 g/mol. The number of anilines is 1. The molecule has 0 fully saturated rings. The van der Waals surface area contributed by atoms with Gasteiger partial charge < -0.3 is 10.1 Å². The maximum atomic E-state index is 6.25. The van der Waals surface area contributed by atoms with Crippen LogP contribution in [0.15, 0.2) is 35.7 Å². The second-order valence-corrected chi connectivity index (χ2v) is 4.58. The maximum Gasteiger partial charge on any atom is 0.204 e. The average Bonchev–Trinajstić information content (AvgIpc) is 2.61. The van der Waals surface area contributed by atoms with Gasteiger partial charge in [-0.25, -0.2) is 0 Å². The Bertz CT molecular complexity index is 497. The number of nitrogens with one attached hydrogen (secondary N) is 1. The average molecular weight is 238 g/mol. The Balaban J connectivity index is 2.14. The number of hydrogen-bond acceptors (Lipinski definition) is 3. The van der Waals surface area contributed by atoms with Crippen LogP contribution in [0.25, 0.3) is 0 Å². The van der Waals surface area contributed by atoms with Crippen LogP contribution >= 0.6 is 22.9 Å². The molecule has 0 spiro atoms. The van der Waals surface area contributed by atoms with Gasteiger partial charge in [0, 0.05) is 5.56 Å². The molecule has 1 N–H and O–H groups in total. The molecule has 1 aliphatic heterocycles. The lowest BCUT2D eigenvalue weighted by Gasteiger charge is -2.10. The smallest absolute Gasteiger partial charge is 0.204 e. The fraction of sp³-hybridized carbons (Fsp3) is 0.0909. The second-order valence-electron chi connectivity index (χ2n) is 3.27. The molecule has 76 valence electrons. The van der Waals surface area contributed by atoms with Gasteiger partial charge in [0.05, 0.1) is 5.69 Å². The zero-order chi connectivity index (χ0) is 10.3. The molecule has 0 radical (unpaired) electrons. The van der Waals surface area contributed by atoms with Gasteiger partial charge in [-0.15, -0.1) is 11.3 Å². The van der Waals surface area contributed by atoms with Crippen molar-refractivity contribution >= 4 is 28.6 Å². The molecule has 4 heteroatoms. The molecule has 0 amide bonds. The van der Waals surface area contributed by atoms with E-state index in [1.54, 1.807) is 11.3 Å². The second kappa shape index (κ2) is 3.43. The van der Waals surface area contributed by atoms with Crippen molar-refractivity contribution in [2.45, 2.75) is 5.50 Å². The number of thiophene rings is 1. The summed E-state index contributed by atoms with van der Waals surface area (Å²) >= 11 is 7.81. The minimum atomic E-state index is -0.239. The van der Waals surface area contributed by atoms with Gasteiger partial charge in [0.1, 0.15) is 11.3 Å². The Hall–Kier alpha value is -1.19. The van der Waals surface area contributed by atoms with Crippen LogP contribution < -0.4 is 10.1 Å². The van der Waals surface area contributed by atoms with Gasteiger partial charge in [0.2, 0.25) is 5.06 Å². The topological polar surface area (TPSA) is 21.3 Å². The van der Waals surface area contributed by atoms with E-state index in [0.717, 1.165) is 22.1 Å². The highest BCUT2D eigenvalue weighted by Gasteiger charge is 2.20. The number of hydrogen-bond donors (Lipinski definition) is 1. The van der Waals surface area contributed by atoms with Gasteiger partial charge in [0.15, 0.2) is 0 Å². The largest absolute Gasteiger partial charge is 0.444 e. The normalized spacial score (nSPS) is 18.1. The molecule has 3 rings (SSSR count). The lowest BCUT2D eigenvalue weighted by Crippen LogP contribution is -2.01. The summed E-state index contributed by atoms with van der Waals surface area (Å²) in [6, 6.07) is 9.78. The van der Waals surface area contributed by atoms with Crippen molar-refractivity contribution < 1.29 is 4.74 Å². The van der Waals surface area contributed by atoms with Crippen LogP contribution in [0.4, 0.5) is 5.69 Å². The summed E-state index contributed by atoms with van der Waals surface area (Å²) in [6.45, 7) is 0. The molecule has 1 atom stereocenters. The maximum absolute atomic E-state index is 6.25. The van der Waals surface area contributed by atoms with Crippen molar-refractivity contribution in [2.24, 2.45) is 0 Å². The molecule has 1 aromatic heterocycles. The SMILES string of the molecule is ClC1Nc2ccsc2Oc2ccccc21. The number of rotatable bonds is 0. The van der Waals surface area contributed by atoms with Gasteiger partial charge in [-0.1, -0.05) is 29.8 Å². The predicted octanol–water partition coefficient (Wildman–Crippen LogP) is 4.20. The first-order valence-electron chi connectivity index (χ1n) is 4.59. The van der Waals surface area contributed by atoms with Crippen LogP contribution in [0.2, 0.25) is 0 Å². The number of para-hydroxylation sites is 1. The first-order chi connectivity index (χ1) is 7.34. The molecular formula is C11H8ClNOS. The monoisotopic (exact) mass is 237 g/mol. The summed E-state index contributed by atoms with van der Waals surface area (Å²) in [7, 11) is 0. The number of alkyl halides is 1. The number of benzene rings is 1. The Morgan fingerprint density at radius 1 is 1.27 bits per heavy atom. The number of fused-ring (bicyclic) bond motifs is 2. The van der Waals surface area contributed by atoms with E-state index in [4.69, 9.17) is 16.3 Å². The molecule has 0 aliphatic carbocycles. The third-order valence-corrected chi connectivity index (χ3v) is 3.44. The van der Waals surface area contributed by atoms with Crippen LogP contribution in [0.1, 0.15) is 11.1 Å². The third-order valence-electron chi connectivity index (χ3n) is 2.31. The summed E-state index contributed by atoms with van der Waals surface area (Å²) < 4.78 is 5.78. The summed E-state index contributed by atoms with van der Waals surface area (Å²) in [5.74, 6) is 0.825. The summed E-state index contributed by atoms with van der Waals surface area (Å²) in [4.78, 5) is 0. The first-order valence-corrected chi connectivity index (χ1v) is 5.91. The van der Waals surface area contributed by atoms with Crippen LogP contribution in [0.3, 0.4) is 0 Å². The van der Waals surface area contributed by atoms with Crippen LogP contribution in [0.5, 0.6) is 10.8 Å². The summed E-state index contributed by atoms with van der Waals surface area (Å²) in [5, 5.41) is 6.06. The highest BCUT2D eigenvalue weighted by atomic mass is 35.5. The molecule has 2 nitrogen and oxygen atoms in total. The quantitative estimate of drug-likeness (QED) is 0.548. The van der Waals surface area contributed by atoms with Gasteiger partial charge in [-0.2, -0.15) is 0 Å². The zero-order valence-electron chi connectivity index (χ0n) is 7.74. The molecule has 2 heterocycles. The molecule has 0 saturated heterocycles. The van der Waals surface area contributed by atoms with E-state index in [2.05, 4.69) is 5.32 Å². The van der Waals surface area contributed by atoms with E-state index in [1.807, 2.05) is 35.7 Å². The van der Waals surface area contributed by atoms with Gasteiger partial charge in [-0.05, 0) is 17.5 Å². The minimum Gasteiger partial charge on any atom is -0.444 e. The Labute approximate surface area is 96.5 Å². The highest BCUT2D eigenvalue weighted by Crippen LogP contribution is 2.44. The predicted molar refractivity (Wildman–Crippen MR) is 63.1 cm³/mol. The van der Waals surface area contributed by atoms with Crippen molar-refractivity contribution in [3.05, 3.63) is 41.3 Å². The lowest BCUT2D eigenvalue weighted by atomic mass is 10.2. The van der Waals surface area contributed by atoms with Crippen molar-refractivity contribution in [2.75, 3.05) is 5.32 Å². The van der Waals surface area contributed by atoms with Crippen molar-refractivity contribution in [3.63, 3.8) is 0 Å². The van der Waals surface area contributed by atoms with E-state index >= 15 is 0 Å². The highest BCUT2D eigenvalue weighted by molar-refractivity contribution is 7.12. The minimum absolute atomic E-state index is 0.239. The standard InChI is InChI=1S/C11H8ClNOS/c12-10-7-3-1-2-4-9(7)14-11-8(13-10)5-6-15-11/h1-6,10,13H. The molecule has 0 saturated carbocycles. The zero-order valence-corrected chi connectivity index (χ0v) is 9.31. The van der Waals surface area contributed by atoms with Crippen LogP contribution in [0, 0.1) is 0 Å². The molecule has 1 aliphatic rings. The molecule has 1 unspecified atom stereocenters. The van der Waals surface area contributed by atoms with Gasteiger partial charge in [-0.3, -0.25) is 0 Å². The third kappa shape index (κ3) is 1.48. The van der Waals surface area contributed by atoms with E-state index in [-0.39, 0.29) is 5.50 Å². The Morgan fingerprint density at radius 2 is 2.13 bits per heavy atom. The Morgan fingerprint density at radius 3 is 3.07 bits per heavy atom. The van der Waals surface area contributed by atoms with E-state index in [9.17, 15) is 0 Å².